The number of benzene rings is 2. The minimum absolute atomic E-state index is 0.0174. The number of carbonyl (C=O) groups is 2. The highest BCUT2D eigenvalue weighted by molar-refractivity contribution is 5.99. The lowest BCUT2D eigenvalue weighted by atomic mass is 9.95. The van der Waals surface area contributed by atoms with Gasteiger partial charge < -0.3 is 10.2 Å². The molecule has 0 spiro atoms. The minimum atomic E-state index is -0.181. The van der Waals surface area contributed by atoms with Crippen molar-refractivity contribution in [3.63, 3.8) is 0 Å². The van der Waals surface area contributed by atoms with Crippen molar-refractivity contribution < 1.29 is 9.59 Å². The summed E-state index contributed by atoms with van der Waals surface area (Å²) in [5.41, 5.74) is 3.70. The van der Waals surface area contributed by atoms with Crippen LogP contribution in [0.4, 0.5) is 11.4 Å². The summed E-state index contributed by atoms with van der Waals surface area (Å²) in [4.78, 5) is 26.6. The van der Waals surface area contributed by atoms with Gasteiger partial charge in [-0.15, -0.1) is 0 Å². The predicted octanol–water partition coefficient (Wildman–Crippen LogP) is 4.25. The Bertz CT molecular complexity index is 771. The van der Waals surface area contributed by atoms with E-state index in [9.17, 15) is 9.59 Å². The molecule has 1 saturated heterocycles. The maximum absolute atomic E-state index is 12.7. The molecular weight excluding hydrogens is 312 g/mol. The molecule has 0 aromatic heterocycles. The van der Waals surface area contributed by atoms with E-state index in [1.807, 2.05) is 67.3 Å². The third-order valence-electron chi connectivity index (χ3n) is 4.77. The van der Waals surface area contributed by atoms with Crippen LogP contribution in [0.15, 0.2) is 48.5 Å². The molecule has 1 unspecified atom stereocenters. The molecule has 0 radical (unpaired) electrons. The van der Waals surface area contributed by atoms with E-state index in [1.165, 1.54) is 0 Å². The zero-order valence-corrected chi connectivity index (χ0v) is 14.8. The van der Waals surface area contributed by atoms with Gasteiger partial charge in [0.05, 0.1) is 5.92 Å². The summed E-state index contributed by atoms with van der Waals surface area (Å²) in [6, 6.07) is 15.6. The van der Waals surface area contributed by atoms with Crippen molar-refractivity contribution in [1.82, 2.24) is 0 Å². The van der Waals surface area contributed by atoms with Crippen LogP contribution in [0.3, 0.4) is 0 Å². The van der Waals surface area contributed by atoms with Crippen LogP contribution in [0, 0.1) is 6.92 Å². The van der Waals surface area contributed by atoms with Crippen LogP contribution >= 0.6 is 0 Å². The molecule has 1 aliphatic heterocycles. The number of amides is 2. The van der Waals surface area contributed by atoms with Crippen LogP contribution in [0.2, 0.25) is 0 Å². The molecule has 4 heteroatoms. The van der Waals surface area contributed by atoms with Gasteiger partial charge in [-0.25, -0.2) is 0 Å². The quantitative estimate of drug-likeness (QED) is 0.887. The minimum Gasteiger partial charge on any atom is -0.325 e. The average molecular weight is 336 g/mol. The molecule has 3 rings (SSSR count). The largest absolute Gasteiger partial charge is 0.325 e. The summed E-state index contributed by atoms with van der Waals surface area (Å²) in [7, 11) is 0. The van der Waals surface area contributed by atoms with E-state index < -0.39 is 0 Å². The van der Waals surface area contributed by atoms with Crippen LogP contribution in [0.25, 0.3) is 0 Å². The molecule has 2 aromatic carbocycles. The van der Waals surface area contributed by atoms with Crippen molar-refractivity contribution >= 4 is 23.2 Å². The molecule has 1 atom stereocenters. The van der Waals surface area contributed by atoms with Gasteiger partial charge in [-0.05, 0) is 43.0 Å². The fourth-order valence-electron chi connectivity index (χ4n) is 3.37. The second-order valence-corrected chi connectivity index (χ2v) is 6.51. The zero-order chi connectivity index (χ0) is 17.8. The van der Waals surface area contributed by atoms with E-state index in [2.05, 4.69) is 5.32 Å². The van der Waals surface area contributed by atoms with Gasteiger partial charge in [0.25, 0.3) is 0 Å². The third-order valence-corrected chi connectivity index (χ3v) is 4.77. The summed E-state index contributed by atoms with van der Waals surface area (Å²) in [6.45, 7) is 4.75. The Morgan fingerprint density at radius 2 is 1.96 bits per heavy atom. The first-order valence-corrected chi connectivity index (χ1v) is 8.87. The summed E-state index contributed by atoms with van der Waals surface area (Å²) >= 11 is 0. The van der Waals surface area contributed by atoms with E-state index in [0.717, 1.165) is 41.9 Å². The molecule has 2 aromatic rings. The molecule has 0 aliphatic carbocycles. The lowest BCUT2D eigenvalue weighted by Crippen LogP contribution is -2.25. The SMILES string of the molecule is CCC(C(=O)Nc1ccc(C)c(N2CCCC2=O)c1)c1ccccc1. The first-order valence-electron chi connectivity index (χ1n) is 8.87. The zero-order valence-electron chi connectivity index (χ0n) is 14.8. The highest BCUT2D eigenvalue weighted by atomic mass is 16.2. The number of hydrogen-bond acceptors (Lipinski definition) is 2. The van der Waals surface area contributed by atoms with Crippen LogP contribution in [-0.2, 0) is 9.59 Å². The number of nitrogens with zero attached hydrogens (tertiary/aromatic N) is 1. The topological polar surface area (TPSA) is 49.4 Å². The Hall–Kier alpha value is -2.62. The Kier molecular flexibility index (Phi) is 5.17. The number of hydrogen-bond donors (Lipinski definition) is 1. The number of carbonyl (C=O) groups excluding carboxylic acids is 2. The van der Waals surface area contributed by atoms with Gasteiger partial charge in [0, 0.05) is 24.3 Å². The van der Waals surface area contributed by atoms with E-state index >= 15 is 0 Å². The van der Waals surface area contributed by atoms with Gasteiger partial charge in [0.15, 0.2) is 0 Å². The van der Waals surface area contributed by atoms with E-state index in [-0.39, 0.29) is 17.7 Å². The summed E-state index contributed by atoms with van der Waals surface area (Å²) in [5, 5.41) is 3.02. The molecule has 1 fully saturated rings. The Morgan fingerprint density at radius 1 is 1.20 bits per heavy atom. The van der Waals surface area contributed by atoms with Crippen molar-refractivity contribution in [2.24, 2.45) is 0 Å². The van der Waals surface area contributed by atoms with Gasteiger partial charge in [0.1, 0.15) is 0 Å². The van der Waals surface area contributed by atoms with Crippen LogP contribution in [-0.4, -0.2) is 18.4 Å². The standard InChI is InChI=1S/C21H24N2O2/c1-3-18(16-8-5-4-6-9-16)21(25)22-17-12-11-15(2)19(14-17)23-13-7-10-20(23)24/h4-6,8-9,11-12,14,18H,3,7,10,13H2,1-2H3,(H,22,25). The second kappa shape index (κ2) is 7.51. The van der Waals surface area contributed by atoms with Crippen LogP contribution in [0.5, 0.6) is 0 Å². The Balaban J connectivity index is 1.80. The molecule has 0 saturated carbocycles. The average Bonchev–Trinajstić information content (AvgIpc) is 3.04. The molecule has 0 bridgehead atoms. The van der Waals surface area contributed by atoms with E-state index in [0.29, 0.717) is 6.42 Å². The molecular formula is C21H24N2O2. The van der Waals surface area contributed by atoms with Crippen molar-refractivity contribution in [2.75, 3.05) is 16.8 Å². The first-order chi connectivity index (χ1) is 12.1. The number of anilines is 2. The fourth-order valence-corrected chi connectivity index (χ4v) is 3.37. The van der Waals surface area contributed by atoms with Gasteiger partial charge in [-0.2, -0.15) is 0 Å². The molecule has 1 aliphatic rings. The van der Waals surface area contributed by atoms with E-state index in [4.69, 9.17) is 0 Å². The summed E-state index contributed by atoms with van der Waals surface area (Å²) in [6.07, 6.45) is 2.22. The van der Waals surface area contributed by atoms with Gasteiger partial charge in [-0.1, -0.05) is 43.3 Å². The lowest BCUT2D eigenvalue weighted by molar-refractivity contribution is -0.118. The van der Waals surface area contributed by atoms with Crippen LogP contribution < -0.4 is 10.2 Å². The molecule has 130 valence electrons. The van der Waals surface area contributed by atoms with Crippen LogP contribution in [0.1, 0.15) is 43.2 Å². The highest BCUT2D eigenvalue weighted by Gasteiger charge is 2.24. The normalized spacial score (nSPS) is 15.3. The maximum atomic E-state index is 12.7. The monoisotopic (exact) mass is 336 g/mol. The summed E-state index contributed by atoms with van der Waals surface area (Å²) < 4.78 is 0. The molecule has 4 nitrogen and oxygen atoms in total. The first kappa shape index (κ1) is 17.2. The van der Waals surface area contributed by atoms with E-state index in [1.54, 1.807) is 0 Å². The van der Waals surface area contributed by atoms with Crippen molar-refractivity contribution in [1.29, 1.82) is 0 Å². The molecule has 1 N–H and O–H groups in total. The van der Waals surface area contributed by atoms with Gasteiger partial charge in [-0.3, -0.25) is 9.59 Å². The van der Waals surface area contributed by atoms with Crippen molar-refractivity contribution in [3.05, 3.63) is 59.7 Å². The Morgan fingerprint density at radius 3 is 2.60 bits per heavy atom. The predicted molar refractivity (Wildman–Crippen MR) is 101 cm³/mol. The Labute approximate surface area is 148 Å². The number of rotatable bonds is 5. The molecule has 25 heavy (non-hydrogen) atoms. The lowest BCUT2D eigenvalue weighted by Gasteiger charge is -2.20. The summed E-state index contributed by atoms with van der Waals surface area (Å²) in [5.74, 6) is -0.0436. The fraction of sp³-hybridized carbons (Fsp3) is 0.333. The maximum Gasteiger partial charge on any atom is 0.231 e. The molecule has 1 heterocycles. The number of aryl methyl sites for hydroxylation is 1. The smallest absolute Gasteiger partial charge is 0.231 e. The van der Waals surface area contributed by atoms with Crippen molar-refractivity contribution in [3.8, 4) is 0 Å². The highest BCUT2D eigenvalue weighted by Crippen LogP contribution is 2.29. The van der Waals surface area contributed by atoms with Gasteiger partial charge in [0.2, 0.25) is 11.8 Å². The third kappa shape index (κ3) is 3.73. The molecule has 2 amide bonds. The van der Waals surface area contributed by atoms with Gasteiger partial charge >= 0.3 is 0 Å². The number of nitrogens with one attached hydrogen (secondary N) is 1. The second-order valence-electron chi connectivity index (χ2n) is 6.51. The van der Waals surface area contributed by atoms with Crippen molar-refractivity contribution in [2.45, 2.75) is 39.0 Å².